The van der Waals surface area contributed by atoms with E-state index in [0.29, 0.717) is 12.8 Å². The second kappa shape index (κ2) is 8.80. The Kier molecular flexibility index (Phi) is 6.20. The summed E-state index contributed by atoms with van der Waals surface area (Å²) in [5.74, 6) is -3.74. The predicted molar refractivity (Wildman–Crippen MR) is 94.7 cm³/mol. The topological polar surface area (TPSA) is 102 Å². The van der Waals surface area contributed by atoms with Crippen molar-refractivity contribution in [3.63, 3.8) is 0 Å². The van der Waals surface area contributed by atoms with Crippen molar-refractivity contribution in [2.24, 2.45) is 11.8 Å². The van der Waals surface area contributed by atoms with E-state index in [9.17, 15) is 28.0 Å². The van der Waals surface area contributed by atoms with Crippen LogP contribution in [-0.2, 0) is 23.9 Å². The Labute approximate surface area is 164 Å². The van der Waals surface area contributed by atoms with E-state index in [0.717, 1.165) is 4.90 Å². The molecule has 1 saturated heterocycles. The lowest BCUT2D eigenvalue weighted by atomic mass is 9.85. The lowest BCUT2D eigenvalue weighted by molar-refractivity contribution is -0.154. The van der Waals surface area contributed by atoms with E-state index >= 15 is 0 Å². The number of fused-ring (bicyclic) bond motifs is 1. The summed E-state index contributed by atoms with van der Waals surface area (Å²) in [5.41, 5.74) is -0.0182. The molecule has 0 saturated carbocycles. The molecule has 0 bridgehead atoms. The second-order valence-corrected chi connectivity index (χ2v) is 6.50. The summed E-state index contributed by atoms with van der Waals surface area (Å²) in [7, 11) is 0. The molecule has 3 rings (SSSR count). The summed E-state index contributed by atoms with van der Waals surface area (Å²) >= 11 is 0. The first-order valence-corrected chi connectivity index (χ1v) is 8.86. The van der Waals surface area contributed by atoms with Crippen LogP contribution in [0.5, 0.6) is 5.75 Å². The Hall–Kier alpha value is -3.30. The van der Waals surface area contributed by atoms with Crippen molar-refractivity contribution in [2.75, 3.05) is 18.5 Å². The molecule has 1 heterocycles. The Balaban J connectivity index is 1.51. The molecule has 1 N–H and O–H groups in total. The van der Waals surface area contributed by atoms with E-state index in [1.165, 1.54) is 24.3 Å². The number of hydrogen-bond donors (Lipinski definition) is 1. The number of imide groups is 1. The van der Waals surface area contributed by atoms with Crippen LogP contribution in [0.4, 0.5) is 14.5 Å². The quantitative estimate of drug-likeness (QED) is 0.419. The van der Waals surface area contributed by atoms with Gasteiger partial charge in [0.2, 0.25) is 11.8 Å². The third kappa shape index (κ3) is 4.76. The van der Waals surface area contributed by atoms with Crippen molar-refractivity contribution in [3.8, 4) is 5.75 Å². The van der Waals surface area contributed by atoms with Crippen molar-refractivity contribution in [1.29, 1.82) is 0 Å². The zero-order valence-corrected chi connectivity index (χ0v) is 15.2. The average Bonchev–Trinajstić information content (AvgIpc) is 2.93. The number of benzene rings is 1. The van der Waals surface area contributed by atoms with Crippen LogP contribution in [0.25, 0.3) is 0 Å². The van der Waals surface area contributed by atoms with Gasteiger partial charge < -0.3 is 14.8 Å². The Morgan fingerprint density at radius 1 is 1.10 bits per heavy atom. The van der Waals surface area contributed by atoms with Crippen LogP contribution in [0, 0.1) is 11.8 Å². The second-order valence-electron chi connectivity index (χ2n) is 6.50. The molecule has 1 aliphatic carbocycles. The zero-order chi connectivity index (χ0) is 21.0. The summed E-state index contributed by atoms with van der Waals surface area (Å²) in [5, 5.41) is 2.29. The smallest absolute Gasteiger partial charge is 0.387 e. The molecule has 8 nitrogen and oxygen atoms in total. The minimum Gasteiger partial charge on any atom is -0.454 e. The average molecular weight is 408 g/mol. The molecule has 3 amide bonds. The third-order valence-corrected chi connectivity index (χ3v) is 4.63. The molecule has 1 fully saturated rings. The Morgan fingerprint density at radius 2 is 1.72 bits per heavy atom. The number of halogens is 2. The highest BCUT2D eigenvalue weighted by Gasteiger charge is 2.47. The van der Waals surface area contributed by atoms with Gasteiger partial charge in [0.05, 0.1) is 17.5 Å². The van der Waals surface area contributed by atoms with E-state index in [2.05, 4.69) is 10.1 Å². The SMILES string of the molecule is O=C(COC(=O)CN1C(=O)[C@@H]2CC=CC[C@H]2C1=O)Nc1ccccc1OC(F)F. The molecular formula is C19H18F2N2O6. The van der Waals surface area contributed by atoms with Crippen molar-refractivity contribution in [3.05, 3.63) is 36.4 Å². The monoisotopic (exact) mass is 408 g/mol. The predicted octanol–water partition coefficient (Wildman–Crippen LogP) is 1.72. The van der Waals surface area contributed by atoms with Gasteiger partial charge in [0.1, 0.15) is 12.3 Å². The van der Waals surface area contributed by atoms with Crippen LogP contribution in [0.15, 0.2) is 36.4 Å². The maximum absolute atomic E-state index is 12.4. The standard InChI is InChI=1S/C19H18F2N2O6/c20-19(21)29-14-8-4-3-7-13(14)22-15(24)10-28-16(25)9-23-17(26)11-5-1-2-6-12(11)18(23)27/h1-4,7-8,11-12,19H,5-6,9-10H2,(H,22,24)/t11-,12-/m1/s1. The molecule has 10 heteroatoms. The first-order valence-electron chi connectivity index (χ1n) is 8.86. The fourth-order valence-electron chi connectivity index (χ4n) is 3.30. The molecule has 154 valence electrons. The number of likely N-dealkylation sites (tertiary alicyclic amines) is 1. The van der Waals surface area contributed by atoms with Gasteiger partial charge in [0, 0.05) is 0 Å². The van der Waals surface area contributed by atoms with Gasteiger partial charge >= 0.3 is 12.6 Å². The van der Waals surface area contributed by atoms with Crippen molar-refractivity contribution in [1.82, 2.24) is 4.90 Å². The maximum Gasteiger partial charge on any atom is 0.387 e. The van der Waals surface area contributed by atoms with Gasteiger partial charge in [-0.2, -0.15) is 8.78 Å². The summed E-state index contributed by atoms with van der Waals surface area (Å²) < 4.78 is 33.9. The number of hydrogen-bond acceptors (Lipinski definition) is 6. The number of nitrogens with one attached hydrogen (secondary N) is 1. The number of carbonyl (C=O) groups excluding carboxylic acids is 4. The summed E-state index contributed by atoms with van der Waals surface area (Å²) in [6, 6.07) is 5.53. The molecule has 29 heavy (non-hydrogen) atoms. The molecule has 0 aromatic heterocycles. The number of anilines is 1. The van der Waals surface area contributed by atoms with Crippen LogP contribution < -0.4 is 10.1 Å². The minimum atomic E-state index is -3.07. The molecule has 0 spiro atoms. The summed E-state index contributed by atoms with van der Waals surface area (Å²) in [4.78, 5) is 49.4. The maximum atomic E-state index is 12.4. The van der Waals surface area contributed by atoms with Crippen LogP contribution >= 0.6 is 0 Å². The summed E-state index contributed by atoms with van der Waals surface area (Å²) in [6.07, 6.45) is 4.55. The lowest BCUT2D eigenvalue weighted by Crippen LogP contribution is -2.37. The molecule has 2 atom stereocenters. The Bertz CT molecular complexity index is 831. The summed E-state index contributed by atoms with van der Waals surface area (Å²) in [6.45, 7) is -4.37. The fourth-order valence-corrected chi connectivity index (χ4v) is 3.30. The number of allylic oxidation sites excluding steroid dienone is 2. The van der Waals surface area contributed by atoms with Crippen LogP contribution in [0.2, 0.25) is 0 Å². The van der Waals surface area contributed by atoms with Crippen LogP contribution in [0.3, 0.4) is 0 Å². The number of rotatable bonds is 7. The van der Waals surface area contributed by atoms with Crippen LogP contribution in [-0.4, -0.2) is 48.4 Å². The molecule has 0 radical (unpaired) electrons. The molecule has 1 aromatic rings. The molecule has 1 aromatic carbocycles. The van der Waals surface area contributed by atoms with Gasteiger partial charge in [0.25, 0.3) is 5.91 Å². The number of amides is 3. The van der Waals surface area contributed by atoms with Gasteiger partial charge in [-0.05, 0) is 25.0 Å². The van der Waals surface area contributed by atoms with Crippen molar-refractivity contribution >= 4 is 29.4 Å². The molecular weight excluding hydrogens is 390 g/mol. The highest BCUT2D eigenvalue weighted by molar-refractivity contribution is 6.07. The van der Waals surface area contributed by atoms with E-state index in [1.807, 2.05) is 12.2 Å². The minimum absolute atomic E-state index is 0.0182. The van der Waals surface area contributed by atoms with E-state index < -0.39 is 55.3 Å². The van der Waals surface area contributed by atoms with Gasteiger partial charge in [-0.25, -0.2) is 0 Å². The number of nitrogens with zero attached hydrogens (tertiary/aromatic N) is 1. The van der Waals surface area contributed by atoms with Crippen molar-refractivity contribution < 1.29 is 37.4 Å². The van der Waals surface area contributed by atoms with Gasteiger partial charge in [-0.15, -0.1) is 0 Å². The fraction of sp³-hybridized carbons (Fsp3) is 0.368. The van der Waals surface area contributed by atoms with Crippen LogP contribution in [0.1, 0.15) is 12.8 Å². The largest absolute Gasteiger partial charge is 0.454 e. The first-order chi connectivity index (χ1) is 13.9. The zero-order valence-electron chi connectivity index (χ0n) is 15.2. The van der Waals surface area contributed by atoms with Crippen molar-refractivity contribution in [2.45, 2.75) is 19.5 Å². The highest BCUT2D eigenvalue weighted by atomic mass is 19.3. The highest BCUT2D eigenvalue weighted by Crippen LogP contribution is 2.34. The number of para-hydroxylation sites is 2. The van der Waals surface area contributed by atoms with E-state index in [-0.39, 0.29) is 11.4 Å². The normalized spacial score (nSPS) is 20.6. The van der Waals surface area contributed by atoms with Gasteiger partial charge in [-0.3, -0.25) is 24.1 Å². The van der Waals surface area contributed by atoms with E-state index in [4.69, 9.17) is 4.74 Å². The number of alkyl halides is 2. The number of ether oxygens (including phenoxy) is 2. The molecule has 1 aliphatic heterocycles. The molecule has 0 unspecified atom stereocenters. The lowest BCUT2D eigenvalue weighted by Gasteiger charge is -2.14. The van der Waals surface area contributed by atoms with Gasteiger partial charge in [0.15, 0.2) is 6.61 Å². The number of esters is 1. The number of carbonyl (C=O) groups is 4. The molecule has 2 aliphatic rings. The Morgan fingerprint density at radius 3 is 2.34 bits per heavy atom. The van der Waals surface area contributed by atoms with E-state index in [1.54, 1.807) is 0 Å². The third-order valence-electron chi connectivity index (χ3n) is 4.63. The van der Waals surface area contributed by atoms with Gasteiger partial charge in [-0.1, -0.05) is 24.3 Å². The first kappa shape index (κ1) is 20.4.